The van der Waals surface area contributed by atoms with Crippen LogP contribution in [0.2, 0.25) is 0 Å². The van der Waals surface area contributed by atoms with Crippen molar-refractivity contribution in [2.45, 2.75) is 6.54 Å². The Kier molecular flexibility index (Phi) is 3.75. The second-order valence-corrected chi connectivity index (χ2v) is 5.32. The zero-order valence-corrected chi connectivity index (χ0v) is 11.9. The van der Waals surface area contributed by atoms with Gasteiger partial charge in [-0.05, 0) is 12.1 Å². The first-order valence-electron chi connectivity index (χ1n) is 5.70. The maximum Gasteiger partial charge on any atom is 0.268 e. The molecule has 102 valence electrons. The highest BCUT2D eigenvalue weighted by molar-refractivity contribution is 7.18. The Morgan fingerprint density at radius 1 is 1.47 bits per heavy atom. The fraction of sp³-hybridized carbons (Fsp3) is 0.333. The molecule has 0 fully saturated rings. The molecule has 0 spiro atoms. The highest BCUT2D eigenvalue weighted by atomic mass is 32.1. The number of nitrogen functional groups attached to an aromatic ring is 1. The SMILES string of the molecule is CN(Cc1ccco1)C(=O)c1sc(N(C)C)nc1N. The third-order valence-corrected chi connectivity index (χ3v) is 3.77. The number of amides is 1. The van der Waals surface area contributed by atoms with E-state index >= 15 is 0 Å². The first-order valence-corrected chi connectivity index (χ1v) is 6.52. The van der Waals surface area contributed by atoms with Gasteiger partial charge in [0, 0.05) is 21.1 Å². The summed E-state index contributed by atoms with van der Waals surface area (Å²) in [5.41, 5.74) is 5.79. The van der Waals surface area contributed by atoms with Gasteiger partial charge < -0.3 is 20.0 Å². The Bertz CT molecular complexity index is 562. The van der Waals surface area contributed by atoms with Crippen LogP contribution in [-0.2, 0) is 6.54 Å². The Hall–Kier alpha value is -2.02. The lowest BCUT2D eigenvalue weighted by atomic mass is 10.3. The van der Waals surface area contributed by atoms with Crippen LogP contribution in [0, 0.1) is 0 Å². The molecular weight excluding hydrogens is 264 g/mol. The lowest BCUT2D eigenvalue weighted by Gasteiger charge is -2.14. The van der Waals surface area contributed by atoms with Gasteiger partial charge in [0.1, 0.15) is 16.5 Å². The van der Waals surface area contributed by atoms with Crippen molar-refractivity contribution >= 4 is 28.2 Å². The minimum absolute atomic E-state index is 0.153. The topological polar surface area (TPSA) is 75.6 Å². The highest BCUT2D eigenvalue weighted by Crippen LogP contribution is 2.28. The van der Waals surface area contributed by atoms with Gasteiger partial charge >= 0.3 is 0 Å². The lowest BCUT2D eigenvalue weighted by molar-refractivity contribution is 0.0781. The number of rotatable bonds is 4. The number of nitrogens with zero attached hydrogens (tertiary/aromatic N) is 3. The summed E-state index contributed by atoms with van der Waals surface area (Å²) in [6, 6.07) is 3.61. The number of anilines is 2. The summed E-state index contributed by atoms with van der Waals surface area (Å²) in [4.78, 5) is 20.3. The average Bonchev–Trinajstić information content (AvgIpc) is 2.97. The van der Waals surface area contributed by atoms with Crippen molar-refractivity contribution in [2.24, 2.45) is 0 Å². The number of hydrogen-bond donors (Lipinski definition) is 1. The molecule has 0 aliphatic heterocycles. The third kappa shape index (κ3) is 2.87. The number of nitrogens with two attached hydrogens (primary N) is 1. The number of furan rings is 1. The molecule has 2 heterocycles. The predicted octanol–water partition coefficient (Wildman–Crippen LogP) is 1.66. The zero-order chi connectivity index (χ0) is 14.0. The largest absolute Gasteiger partial charge is 0.467 e. The molecule has 0 bridgehead atoms. The second-order valence-electron chi connectivity index (χ2n) is 4.35. The van der Waals surface area contributed by atoms with Gasteiger partial charge in [0.2, 0.25) is 0 Å². The number of aromatic nitrogens is 1. The van der Waals surface area contributed by atoms with Gasteiger partial charge in [0.15, 0.2) is 5.13 Å². The van der Waals surface area contributed by atoms with Crippen molar-refractivity contribution in [1.29, 1.82) is 0 Å². The first kappa shape index (κ1) is 13.4. The fourth-order valence-electron chi connectivity index (χ4n) is 1.55. The quantitative estimate of drug-likeness (QED) is 0.921. The number of carbonyl (C=O) groups excluding carboxylic acids is 1. The Morgan fingerprint density at radius 2 is 2.21 bits per heavy atom. The van der Waals surface area contributed by atoms with Crippen LogP contribution in [0.15, 0.2) is 22.8 Å². The normalized spacial score (nSPS) is 10.5. The molecule has 0 aromatic carbocycles. The van der Waals surface area contributed by atoms with E-state index in [0.29, 0.717) is 16.6 Å². The van der Waals surface area contributed by atoms with Crippen LogP contribution in [0.25, 0.3) is 0 Å². The molecule has 0 aliphatic rings. The third-order valence-electron chi connectivity index (χ3n) is 2.54. The van der Waals surface area contributed by atoms with Gasteiger partial charge in [-0.2, -0.15) is 0 Å². The summed E-state index contributed by atoms with van der Waals surface area (Å²) in [6.45, 7) is 0.403. The zero-order valence-electron chi connectivity index (χ0n) is 11.1. The van der Waals surface area contributed by atoms with Crippen molar-refractivity contribution in [3.05, 3.63) is 29.0 Å². The van der Waals surface area contributed by atoms with E-state index in [9.17, 15) is 4.79 Å². The van der Waals surface area contributed by atoms with Gasteiger partial charge in [-0.25, -0.2) is 4.98 Å². The van der Waals surface area contributed by atoms with Gasteiger partial charge in [0.25, 0.3) is 5.91 Å². The molecule has 19 heavy (non-hydrogen) atoms. The minimum Gasteiger partial charge on any atom is -0.467 e. The number of carbonyl (C=O) groups is 1. The van der Waals surface area contributed by atoms with E-state index in [1.54, 1.807) is 24.3 Å². The first-order chi connectivity index (χ1) is 8.99. The van der Waals surface area contributed by atoms with Gasteiger partial charge in [-0.15, -0.1) is 0 Å². The van der Waals surface area contributed by atoms with Gasteiger partial charge in [-0.3, -0.25) is 4.79 Å². The summed E-state index contributed by atoms with van der Waals surface area (Å²) < 4.78 is 5.22. The molecule has 0 saturated carbocycles. The predicted molar refractivity (Wildman–Crippen MR) is 75.4 cm³/mol. The summed E-state index contributed by atoms with van der Waals surface area (Å²) in [6.07, 6.45) is 1.58. The Labute approximate surface area is 115 Å². The Balaban J connectivity index is 2.14. The van der Waals surface area contributed by atoms with E-state index in [4.69, 9.17) is 10.2 Å². The van der Waals surface area contributed by atoms with Crippen molar-refractivity contribution < 1.29 is 9.21 Å². The molecule has 0 unspecified atom stereocenters. The van der Waals surface area contributed by atoms with Crippen LogP contribution in [-0.4, -0.2) is 36.9 Å². The van der Waals surface area contributed by atoms with E-state index in [1.807, 2.05) is 25.1 Å². The number of hydrogen-bond acceptors (Lipinski definition) is 6. The van der Waals surface area contributed by atoms with Crippen molar-refractivity contribution in [3.8, 4) is 0 Å². The molecule has 2 aromatic heterocycles. The molecule has 6 nitrogen and oxygen atoms in total. The molecule has 0 radical (unpaired) electrons. The van der Waals surface area contributed by atoms with E-state index in [2.05, 4.69) is 4.98 Å². The van der Waals surface area contributed by atoms with E-state index in [1.165, 1.54) is 11.3 Å². The average molecular weight is 280 g/mol. The maximum atomic E-state index is 12.3. The lowest BCUT2D eigenvalue weighted by Crippen LogP contribution is -2.25. The maximum absolute atomic E-state index is 12.3. The van der Waals surface area contributed by atoms with E-state index in [-0.39, 0.29) is 11.7 Å². The summed E-state index contributed by atoms with van der Waals surface area (Å²) in [5, 5.41) is 0.715. The van der Waals surface area contributed by atoms with Crippen LogP contribution < -0.4 is 10.6 Å². The van der Waals surface area contributed by atoms with E-state index in [0.717, 1.165) is 5.76 Å². The monoisotopic (exact) mass is 280 g/mol. The molecule has 2 rings (SSSR count). The number of thiazole rings is 1. The highest BCUT2D eigenvalue weighted by Gasteiger charge is 2.21. The molecule has 0 atom stereocenters. The molecule has 0 saturated heterocycles. The second kappa shape index (κ2) is 5.31. The van der Waals surface area contributed by atoms with Gasteiger partial charge in [-0.1, -0.05) is 11.3 Å². The van der Waals surface area contributed by atoms with Crippen LogP contribution in [0.4, 0.5) is 10.9 Å². The fourth-order valence-corrected chi connectivity index (χ4v) is 2.45. The summed E-state index contributed by atoms with van der Waals surface area (Å²) in [7, 11) is 5.43. The van der Waals surface area contributed by atoms with Gasteiger partial charge in [0.05, 0.1) is 12.8 Å². The van der Waals surface area contributed by atoms with Crippen molar-refractivity contribution in [1.82, 2.24) is 9.88 Å². The van der Waals surface area contributed by atoms with Crippen molar-refractivity contribution in [2.75, 3.05) is 31.8 Å². The van der Waals surface area contributed by atoms with Crippen LogP contribution in [0.3, 0.4) is 0 Å². The standard InChI is InChI=1S/C12H16N4O2S/c1-15(2)12-14-10(13)9(19-12)11(17)16(3)7-8-5-4-6-18-8/h4-6H,7,13H2,1-3H3. The molecule has 2 N–H and O–H groups in total. The molecule has 7 heteroatoms. The Morgan fingerprint density at radius 3 is 2.74 bits per heavy atom. The summed E-state index contributed by atoms with van der Waals surface area (Å²) in [5.74, 6) is 0.844. The molecule has 1 amide bonds. The van der Waals surface area contributed by atoms with E-state index < -0.39 is 0 Å². The summed E-state index contributed by atoms with van der Waals surface area (Å²) >= 11 is 1.28. The molecular formula is C12H16N4O2S. The van der Waals surface area contributed by atoms with Crippen LogP contribution in [0.1, 0.15) is 15.4 Å². The molecule has 0 aliphatic carbocycles. The van der Waals surface area contributed by atoms with Crippen LogP contribution in [0.5, 0.6) is 0 Å². The van der Waals surface area contributed by atoms with Crippen LogP contribution >= 0.6 is 11.3 Å². The minimum atomic E-state index is -0.153. The smallest absolute Gasteiger partial charge is 0.268 e. The van der Waals surface area contributed by atoms with Crippen molar-refractivity contribution in [3.63, 3.8) is 0 Å². The molecule has 2 aromatic rings.